The van der Waals surface area contributed by atoms with Crippen molar-refractivity contribution in [3.63, 3.8) is 0 Å². The molecule has 0 saturated carbocycles. The van der Waals surface area contributed by atoms with Crippen molar-refractivity contribution in [2.75, 3.05) is 37.7 Å². The largest absolute Gasteiger partial charge is 0.507 e. The third-order valence-electron chi connectivity index (χ3n) is 4.46. The fourth-order valence-electron chi connectivity index (χ4n) is 3.14. The van der Waals surface area contributed by atoms with Gasteiger partial charge >= 0.3 is 0 Å². The van der Waals surface area contributed by atoms with Gasteiger partial charge < -0.3 is 19.6 Å². The van der Waals surface area contributed by atoms with Crippen LogP contribution >= 0.6 is 0 Å². The zero-order valence-electron chi connectivity index (χ0n) is 14.7. The maximum atomic E-state index is 12.7. The fourth-order valence-corrected chi connectivity index (χ4v) is 3.14. The normalized spacial score (nSPS) is 14.5. The van der Waals surface area contributed by atoms with Crippen molar-refractivity contribution in [1.82, 2.24) is 4.90 Å². The number of anilines is 1. The first-order valence-corrected chi connectivity index (χ1v) is 8.66. The minimum absolute atomic E-state index is 0.0501. The van der Waals surface area contributed by atoms with E-state index >= 15 is 0 Å². The van der Waals surface area contributed by atoms with Crippen molar-refractivity contribution < 1.29 is 14.6 Å². The highest BCUT2D eigenvalue weighted by Gasteiger charge is 2.25. The molecule has 25 heavy (non-hydrogen) atoms. The molecule has 0 aliphatic carbocycles. The number of hydrogen-bond donors (Lipinski definition) is 1. The summed E-state index contributed by atoms with van der Waals surface area (Å²) in [5.41, 5.74) is 2.37. The first kappa shape index (κ1) is 17.1. The molecule has 3 rings (SSSR count). The van der Waals surface area contributed by atoms with E-state index in [4.69, 9.17) is 4.74 Å². The van der Waals surface area contributed by atoms with E-state index in [1.807, 2.05) is 44.2 Å². The van der Waals surface area contributed by atoms with Gasteiger partial charge in [-0.3, -0.25) is 4.79 Å². The average Bonchev–Trinajstić information content (AvgIpc) is 2.62. The summed E-state index contributed by atoms with van der Waals surface area (Å²) in [6.45, 7) is 7.20. The number of hydrogen-bond acceptors (Lipinski definition) is 4. The van der Waals surface area contributed by atoms with E-state index in [1.54, 1.807) is 17.0 Å². The molecule has 0 aromatic heterocycles. The first-order valence-electron chi connectivity index (χ1n) is 8.66. The highest BCUT2D eigenvalue weighted by Crippen LogP contribution is 2.29. The Morgan fingerprint density at radius 3 is 2.52 bits per heavy atom. The molecule has 0 radical (unpaired) electrons. The van der Waals surface area contributed by atoms with Crippen LogP contribution in [0.5, 0.6) is 11.5 Å². The molecule has 5 nitrogen and oxygen atoms in total. The number of carbonyl (C=O) groups excluding carboxylic acids is 1. The molecule has 1 saturated heterocycles. The van der Waals surface area contributed by atoms with Crippen molar-refractivity contribution in [1.29, 1.82) is 0 Å². The van der Waals surface area contributed by atoms with Gasteiger partial charge in [0.2, 0.25) is 0 Å². The van der Waals surface area contributed by atoms with Crippen molar-refractivity contribution in [2.45, 2.75) is 13.8 Å². The van der Waals surface area contributed by atoms with Gasteiger partial charge in [-0.25, -0.2) is 0 Å². The predicted molar refractivity (Wildman–Crippen MR) is 98.6 cm³/mol. The Labute approximate surface area is 148 Å². The van der Waals surface area contributed by atoms with E-state index in [-0.39, 0.29) is 11.7 Å². The van der Waals surface area contributed by atoms with Crippen LogP contribution in [0.25, 0.3) is 0 Å². The number of aromatic hydroxyl groups is 1. The molecule has 1 aliphatic rings. The van der Waals surface area contributed by atoms with Crippen LogP contribution in [0.15, 0.2) is 42.5 Å². The zero-order chi connectivity index (χ0) is 17.8. The molecule has 1 N–H and O–H groups in total. The van der Waals surface area contributed by atoms with Gasteiger partial charge in [-0.05, 0) is 43.7 Å². The zero-order valence-corrected chi connectivity index (χ0v) is 14.7. The Morgan fingerprint density at radius 2 is 1.84 bits per heavy atom. The topological polar surface area (TPSA) is 53.0 Å². The summed E-state index contributed by atoms with van der Waals surface area (Å²) in [6, 6.07) is 13.2. The minimum atomic E-state index is -0.116. The molecule has 132 valence electrons. The Balaban J connectivity index is 1.69. The van der Waals surface area contributed by atoms with Gasteiger partial charge in [-0.2, -0.15) is 0 Å². The van der Waals surface area contributed by atoms with Gasteiger partial charge in [0.25, 0.3) is 5.91 Å². The van der Waals surface area contributed by atoms with Crippen LogP contribution in [0.2, 0.25) is 0 Å². The molecule has 1 heterocycles. The summed E-state index contributed by atoms with van der Waals surface area (Å²) < 4.78 is 5.71. The molecule has 1 aliphatic heterocycles. The lowest BCUT2D eigenvalue weighted by atomic mass is 10.1. The standard InChI is InChI=1S/C20H24N2O3/c1-3-25-19-7-5-4-6-17(19)21-10-12-22(13-11-21)20(24)16-9-8-15(2)14-18(16)23/h4-9,14,23H,3,10-13H2,1-2H3. The highest BCUT2D eigenvalue weighted by molar-refractivity contribution is 5.97. The number of phenolic OH excluding ortho intramolecular Hbond substituents is 1. The third kappa shape index (κ3) is 3.71. The lowest BCUT2D eigenvalue weighted by Gasteiger charge is -2.36. The van der Waals surface area contributed by atoms with Crippen molar-refractivity contribution >= 4 is 11.6 Å². The summed E-state index contributed by atoms with van der Waals surface area (Å²) in [7, 11) is 0. The Bertz CT molecular complexity index is 752. The quantitative estimate of drug-likeness (QED) is 0.929. The Hall–Kier alpha value is -2.69. The molecule has 0 bridgehead atoms. The second-order valence-corrected chi connectivity index (χ2v) is 6.20. The number of amides is 1. The summed E-state index contributed by atoms with van der Waals surface area (Å²) in [5.74, 6) is 0.810. The molecular formula is C20H24N2O3. The summed E-state index contributed by atoms with van der Waals surface area (Å²) in [4.78, 5) is 16.7. The molecule has 0 atom stereocenters. The van der Waals surface area contributed by atoms with Crippen LogP contribution in [0, 0.1) is 6.92 Å². The van der Waals surface area contributed by atoms with Crippen LogP contribution in [-0.4, -0.2) is 48.7 Å². The fraction of sp³-hybridized carbons (Fsp3) is 0.350. The van der Waals surface area contributed by atoms with Gasteiger partial charge in [-0.1, -0.05) is 18.2 Å². The van der Waals surface area contributed by atoms with Crippen LogP contribution in [0.1, 0.15) is 22.8 Å². The van der Waals surface area contributed by atoms with Gasteiger partial charge in [0.05, 0.1) is 17.9 Å². The minimum Gasteiger partial charge on any atom is -0.507 e. The maximum absolute atomic E-state index is 12.7. The number of piperazine rings is 1. The van der Waals surface area contributed by atoms with Crippen LogP contribution < -0.4 is 9.64 Å². The molecule has 5 heteroatoms. The Morgan fingerprint density at radius 1 is 1.12 bits per heavy atom. The van der Waals surface area contributed by atoms with Crippen molar-refractivity contribution in [3.8, 4) is 11.5 Å². The Kier molecular flexibility index (Phi) is 5.12. The lowest BCUT2D eigenvalue weighted by Crippen LogP contribution is -2.48. The smallest absolute Gasteiger partial charge is 0.257 e. The second-order valence-electron chi connectivity index (χ2n) is 6.20. The molecule has 0 unspecified atom stereocenters. The number of phenols is 1. The predicted octanol–water partition coefficient (Wildman–Crippen LogP) is 3.06. The molecule has 1 amide bonds. The molecule has 2 aromatic rings. The van der Waals surface area contributed by atoms with E-state index < -0.39 is 0 Å². The number of para-hydroxylation sites is 2. The van der Waals surface area contributed by atoms with E-state index in [1.165, 1.54) is 0 Å². The second kappa shape index (κ2) is 7.47. The van der Waals surface area contributed by atoms with E-state index in [9.17, 15) is 9.90 Å². The number of aryl methyl sites for hydroxylation is 1. The van der Waals surface area contributed by atoms with Gasteiger partial charge in [0.1, 0.15) is 11.5 Å². The van der Waals surface area contributed by atoms with Crippen molar-refractivity contribution in [3.05, 3.63) is 53.6 Å². The SMILES string of the molecule is CCOc1ccccc1N1CCN(C(=O)c2ccc(C)cc2O)CC1. The van der Waals surface area contributed by atoms with Gasteiger partial charge in [-0.15, -0.1) is 0 Å². The highest BCUT2D eigenvalue weighted by atomic mass is 16.5. The van der Waals surface area contributed by atoms with E-state index in [0.717, 1.165) is 30.1 Å². The maximum Gasteiger partial charge on any atom is 0.257 e. The molecule has 2 aromatic carbocycles. The van der Waals surface area contributed by atoms with Crippen LogP contribution in [0.4, 0.5) is 5.69 Å². The lowest BCUT2D eigenvalue weighted by molar-refractivity contribution is 0.0743. The first-order chi connectivity index (χ1) is 12.1. The van der Waals surface area contributed by atoms with Gasteiger partial charge in [0.15, 0.2) is 0 Å². The van der Waals surface area contributed by atoms with Crippen molar-refractivity contribution in [2.24, 2.45) is 0 Å². The summed E-state index contributed by atoms with van der Waals surface area (Å²) in [5, 5.41) is 10.0. The monoisotopic (exact) mass is 340 g/mol. The van der Waals surface area contributed by atoms with E-state index in [2.05, 4.69) is 4.90 Å². The average molecular weight is 340 g/mol. The number of benzene rings is 2. The summed E-state index contributed by atoms with van der Waals surface area (Å²) in [6.07, 6.45) is 0. The van der Waals surface area contributed by atoms with E-state index in [0.29, 0.717) is 25.3 Å². The number of rotatable bonds is 4. The molecule has 1 fully saturated rings. The third-order valence-corrected chi connectivity index (χ3v) is 4.46. The summed E-state index contributed by atoms with van der Waals surface area (Å²) >= 11 is 0. The number of nitrogens with zero attached hydrogens (tertiary/aromatic N) is 2. The van der Waals surface area contributed by atoms with Gasteiger partial charge in [0, 0.05) is 26.2 Å². The number of carbonyl (C=O) groups is 1. The molecular weight excluding hydrogens is 316 g/mol. The van der Waals surface area contributed by atoms with Crippen LogP contribution in [0.3, 0.4) is 0 Å². The number of ether oxygens (including phenoxy) is 1. The van der Waals surface area contributed by atoms with Crippen LogP contribution in [-0.2, 0) is 0 Å². The molecule has 0 spiro atoms.